The number of hydrogen-bond acceptors (Lipinski definition) is 4. The number of H-pyrrole nitrogens is 1. The third-order valence-corrected chi connectivity index (χ3v) is 4.33. The predicted octanol–water partition coefficient (Wildman–Crippen LogP) is 2.45. The Morgan fingerprint density at radius 2 is 2.12 bits per heavy atom. The number of aromatic amines is 1. The first-order chi connectivity index (χ1) is 11.8. The first-order valence-electron chi connectivity index (χ1n) is 8.28. The van der Waals surface area contributed by atoms with E-state index in [0.29, 0.717) is 24.7 Å². The fourth-order valence-corrected chi connectivity index (χ4v) is 3.03. The highest BCUT2D eigenvalue weighted by Crippen LogP contribution is 2.26. The van der Waals surface area contributed by atoms with Gasteiger partial charge in [0.25, 0.3) is 5.91 Å². The van der Waals surface area contributed by atoms with Crippen molar-refractivity contribution in [3.8, 4) is 5.75 Å². The Morgan fingerprint density at radius 1 is 1.29 bits per heavy atom. The van der Waals surface area contributed by atoms with E-state index in [0.717, 1.165) is 37.4 Å². The van der Waals surface area contributed by atoms with Crippen molar-refractivity contribution in [2.75, 3.05) is 33.4 Å². The Bertz CT molecular complexity index is 640. The van der Waals surface area contributed by atoms with Gasteiger partial charge in [-0.05, 0) is 43.2 Å². The summed E-state index contributed by atoms with van der Waals surface area (Å²) in [6, 6.07) is 9.30. The maximum Gasteiger partial charge on any atom is 0.253 e. The summed E-state index contributed by atoms with van der Waals surface area (Å²) in [5.74, 6) is 1.15. The number of rotatable bonds is 6. The second kappa shape index (κ2) is 7.97. The zero-order valence-electron chi connectivity index (χ0n) is 13.9. The quantitative estimate of drug-likeness (QED) is 0.827. The van der Waals surface area contributed by atoms with E-state index >= 15 is 0 Å². The average Bonchev–Trinajstić information content (AvgIpc) is 3.17. The highest BCUT2D eigenvalue weighted by atomic mass is 16.5. The van der Waals surface area contributed by atoms with Crippen LogP contribution in [0.1, 0.15) is 34.8 Å². The van der Waals surface area contributed by atoms with Crippen LogP contribution < -0.4 is 4.74 Å². The van der Waals surface area contributed by atoms with Crippen LogP contribution in [0, 0.1) is 0 Å². The smallest absolute Gasteiger partial charge is 0.253 e. The van der Waals surface area contributed by atoms with Crippen LogP contribution in [0.2, 0.25) is 0 Å². The van der Waals surface area contributed by atoms with Gasteiger partial charge in [-0.1, -0.05) is 0 Å². The summed E-state index contributed by atoms with van der Waals surface area (Å²) in [4.78, 5) is 14.7. The number of aromatic nitrogens is 2. The molecule has 128 valence electrons. The minimum atomic E-state index is 0.0719. The zero-order valence-corrected chi connectivity index (χ0v) is 13.9. The molecule has 3 rings (SSSR count). The van der Waals surface area contributed by atoms with Crippen LogP contribution >= 0.6 is 0 Å². The number of nitrogens with one attached hydrogen (secondary N) is 1. The molecule has 0 spiro atoms. The number of carbonyl (C=O) groups excluding carboxylic acids is 1. The van der Waals surface area contributed by atoms with Crippen molar-refractivity contribution in [2.24, 2.45) is 0 Å². The third kappa shape index (κ3) is 3.94. The largest absolute Gasteiger partial charge is 0.491 e. The van der Waals surface area contributed by atoms with E-state index in [1.54, 1.807) is 13.3 Å². The van der Waals surface area contributed by atoms with Gasteiger partial charge in [0.15, 0.2) is 0 Å². The van der Waals surface area contributed by atoms with E-state index in [9.17, 15) is 4.79 Å². The lowest BCUT2D eigenvalue weighted by Gasteiger charge is -2.32. The number of amides is 1. The molecule has 6 heteroatoms. The summed E-state index contributed by atoms with van der Waals surface area (Å²) >= 11 is 0. The van der Waals surface area contributed by atoms with Gasteiger partial charge < -0.3 is 14.4 Å². The van der Waals surface area contributed by atoms with Gasteiger partial charge in [0.05, 0.1) is 6.61 Å². The van der Waals surface area contributed by atoms with Crippen LogP contribution in [0.15, 0.2) is 36.5 Å². The number of hydrogen-bond donors (Lipinski definition) is 1. The van der Waals surface area contributed by atoms with Crippen LogP contribution in [0.4, 0.5) is 0 Å². The topological polar surface area (TPSA) is 67.5 Å². The first kappa shape index (κ1) is 16.5. The Labute approximate surface area is 141 Å². The Hall–Kier alpha value is -2.34. The third-order valence-electron chi connectivity index (χ3n) is 4.33. The average molecular weight is 329 g/mol. The van der Waals surface area contributed by atoms with Crippen molar-refractivity contribution in [3.63, 3.8) is 0 Å². The minimum Gasteiger partial charge on any atom is -0.491 e. The molecule has 1 aliphatic heterocycles. The van der Waals surface area contributed by atoms with E-state index in [1.807, 2.05) is 35.2 Å². The zero-order chi connectivity index (χ0) is 16.8. The molecule has 1 N–H and O–H groups in total. The molecular formula is C18H23N3O3. The Kier molecular flexibility index (Phi) is 5.48. The SMILES string of the molecule is COCCOc1ccc(C(=O)N2CCC[C@@H](c3ccn[nH]3)C2)cc1. The standard InChI is InChI=1S/C18H23N3O3/c1-23-11-12-24-16-6-4-14(5-7-16)18(22)21-10-2-3-15(13-21)17-8-9-19-20-17/h4-9,15H,2-3,10-13H2,1H3,(H,19,20)/t15-/m1/s1. The summed E-state index contributed by atoms with van der Waals surface area (Å²) in [5.41, 5.74) is 1.80. The summed E-state index contributed by atoms with van der Waals surface area (Å²) in [7, 11) is 1.64. The maximum absolute atomic E-state index is 12.7. The second-order valence-corrected chi connectivity index (χ2v) is 5.97. The predicted molar refractivity (Wildman–Crippen MR) is 90.3 cm³/mol. The van der Waals surface area contributed by atoms with Crippen LogP contribution in [-0.4, -0.2) is 54.4 Å². The molecule has 0 unspecified atom stereocenters. The second-order valence-electron chi connectivity index (χ2n) is 5.97. The van der Waals surface area contributed by atoms with Gasteiger partial charge in [-0.25, -0.2) is 0 Å². The molecule has 1 fully saturated rings. The lowest BCUT2D eigenvalue weighted by atomic mass is 9.94. The molecule has 0 radical (unpaired) electrons. The Balaban J connectivity index is 1.61. The highest BCUT2D eigenvalue weighted by Gasteiger charge is 2.26. The van der Waals surface area contributed by atoms with Crippen molar-refractivity contribution in [1.82, 2.24) is 15.1 Å². The summed E-state index contributed by atoms with van der Waals surface area (Å²) < 4.78 is 10.5. The van der Waals surface area contributed by atoms with Crippen molar-refractivity contribution < 1.29 is 14.3 Å². The molecule has 1 atom stereocenters. The van der Waals surface area contributed by atoms with Crippen molar-refractivity contribution in [1.29, 1.82) is 0 Å². The highest BCUT2D eigenvalue weighted by molar-refractivity contribution is 5.94. The van der Waals surface area contributed by atoms with Crippen LogP contribution in [-0.2, 0) is 4.74 Å². The van der Waals surface area contributed by atoms with Crippen LogP contribution in [0.3, 0.4) is 0 Å². The summed E-state index contributed by atoms with van der Waals surface area (Å²) in [6.45, 7) is 2.58. The van der Waals surface area contributed by atoms with Gasteiger partial charge in [0.2, 0.25) is 0 Å². The molecule has 2 heterocycles. The molecule has 1 aliphatic rings. The molecule has 1 saturated heterocycles. The van der Waals surface area contributed by atoms with Gasteiger partial charge >= 0.3 is 0 Å². The number of carbonyl (C=O) groups is 1. The number of benzene rings is 1. The number of methoxy groups -OCH3 is 1. The van der Waals surface area contributed by atoms with Crippen LogP contribution in [0.5, 0.6) is 5.75 Å². The van der Waals surface area contributed by atoms with Gasteiger partial charge in [0.1, 0.15) is 12.4 Å². The van der Waals surface area contributed by atoms with Gasteiger partial charge in [-0.2, -0.15) is 5.10 Å². The molecule has 0 bridgehead atoms. The van der Waals surface area contributed by atoms with Crippen molar-refractivity contribution >= 4 is 5.91 Å². The normalized spacial score (nSPS) is 17.7. The lowest BCUT2D eigenvalue weighted by Crippen LogP contribution is -2.39. The molecule has 24 heavy (non-hydrogen) atoms. The van der Waals surface area contributed by atoms with E-state index in [2.05, 4.69) is 10.2 Å². The molecule has 1 amide bonds. The number of likely N-dealkylation sites (tertiary alicyclic amines) is 1. The molecule has 1 aromatic carbocycles. The van der Waals surface area contributed by atoms with E-state index in [-0.39, 0.29) is 5.91 Å². The van der Waals surface area contributed by atoms with E-state index in [4.69, 9.17) is 9.47 Å². The molecule has 0 aliphatic carbocycles. The summed E-state index contributed by atoms with van der Waals surface area (Å²) in [5, 5.41) is 7.04. The molecule has 1 aromatic heterocycles. The van der Waals surface area contributed by atoms with E-state index < -0.39 is 0 Å². The van der Waals surface area contributed by atoms with Gasteiger partial charge in [-0.3, -0.25) is 9.89 Å². The molecule has 0 saturated carbocycles. The van der Waals surface area contributed by atoms with E-state index in [1.165, 1.54) is 0 Å². The Morgan fingerprint density at radius 3 is 2.83 bits per heavy atom. The number of piperidine rings is 1. The molecule has 6 nitrogen and oxygen atoms in total. The molecule has 2 aromatic rings. The van der Waals surface area contributed by atoms with Crippen molar-refractivity contribution in [3.05, 3.63) is 47.8 Å². The summed E-state index contributed by atoms with van der Waals surface area (Å²) in [6.07, 6.45) is 3.85. The number of nitrogens with zero attached hydrogens (tertiary/aromatic N) is 2. The minimum absolute atomic E-state index is 0.0719. The fraction of sp³-hybridized carbons (Fsp3) is 0.444. The van der Waals surface area contributed by atoms with Gasteiger partial charge in [0, 0.05) is 43.6 Å². The lowest BCUT2D eigenvalue weighted by molar-refractivity contribution is 0.0706. The number of ether oxygens (including phenoxy) is 2. The maximum atomic E-state index is 12.7. The first-order valence-corrected chi connectivity index (χ1v) is 8.28. The monoisotopic (exact) mass is 329 g/mol. The van der Waals surface area contributed by atoms with Crippen LogP contribution in [0.25, 0.3) is 0 Å². The van der Waals surface area contributed by atoms with Crippen molar-refractivity contribution in [2.45, 2.75) is 18.8 Å². The fourth-order valence-electron chi connectivity index (χ4n) is 3.03. The molecular weight excluding hydrogens is 306 g/mol. The van der Waals surface area contributed by atoms with Gasteiger partial charge in [-0.15, -0.1) is 0 Å².